The third-order valence-corrected chi connectivity index (χ3v) is 2.30. The van der Waals surface area contributed by atoms with Gasteiger partial charge in [-0.2, -0.15) is 0 Å². The second-order valence-corrected chi connectivity index (χ2v) is 3.47. The SMILES string of the molecule is CC.CC(=O)c1cc(N)c(C)cc1P. The van der Waals surface area contributed by atoms with Gasteiger partial charge in [0.05, 0.1) is 0 Å². The first kappa shape index (κ1) is 13.1. The van der Waals surface area contributed by atoms with Crippen LogP contribution in [0.15, 0.2) is 12.1 Å². The second kappa shape index (κ2) is 5.77. The van der Waals surface area contributed by atoms with Gasteiger partial charge in [-0.05, 0) is 36.8 Å². The summed E-state index contributed by atoms with van der Waals surface area (Å²) in [5.41, 5.74) is 8.03. The minimum atomic E-state index is 0.0479. The summed E-state index contributed by atoms with van der Waals surface area (Å²) < 4.78 is 0. The van der Waals surface area contributed by atoms with Crippen molar-refractivity contribution in [1.82, 2.24) is 0 Å². The van der Waals surface area contributed by atoms with E-state index in [0.717, 1.165) is 10.9 Å². The van der Waals surface area contributed by atoms with Gasteiger partial charge < -0.3 is 5.73 Å². The second-order valence-electron chi connectivity index (χ2n) is 2.85. The monoisotopic (exact) mass is 211 g/mol. The molecular weight excluding hydrogens is 193 g/mol. The van der Waals surface area contributed by atoms with E-state index in [0.29, 0.717) is 11.3 Å². The Morgan fingerprint density at radius 3 is 2.29 bits per heavy atom. The molecule has 0 saturated carbocycles. The molecule has 0 amide bonds. The summed E-state index contributed by atoms with van der Waals surface area (Å²) in [4.78, 5) is 11.1. The first-order valence-electron chi connectivity index (χ1n) is 4.69. The summed E-state index contributed by atoms with van der Waals surface area (Å²) in [6.07, 6.45) is 0. The Hall–Kier alpha value is -0.880. The lowest BCUT2D eigenvalue weighted by atomic mass is 10.1. The van der Waals surface area contributed by atoms with Crippen LogP contribution in [0.1, 0.15) is 36.7 Å². The first-order chi connectivity index (χ1) is 6.52. The number of Topliss-reactive ketones (excluding diaryl/α,β-unsaturated/α-hetero) is 1. The van der Waals surface area contributed by atoms with Crippen molar-refractivity contribution in [1.29, 1.82) is 0 Å². The molecule has 0 aliphatic carbocycles. The van der Waals surface area contributed by atoms with E-state index in [4.69, 9.17) is 5.73 Å². The van der Waals surface area contributed by atoms with E-state index in [2.05, 4.69) is 9.24 Å². The largest absolute Gasteiger partial charge is 0.398 e. The number of aryl methyl sites for hydroxylation is 1. The van der Waals surface area contributed by atoms with E-state index in [1.54, 1.807) is 6.07 Å². The summed E-state index contributed by atoms with van der Waals surface area (Å²) in [6, 6.07) is 3.62. The molecule has 0 bridgehead atoms. The van der Waals surface area contributed by atoms with Crippen LogP contribution in [0.4, 0.5) is 5.69 Å². The standard InChI is InChI=1S/C9H12NOP.C2H6/c1-5-3-9(12)7(6(2)11)4-8(5)10;1-2/h3-4H,10,12H2,1-2H3;1-2H3. The number of hydrogen-bond acceptors (Lipinski definition) is 2. The highest BCUT2D eigenvalue weighted by molar-refractivity contribution is 7.27. The molecule has 0 radical (unpaired) electrons. The number of benzene rings is 1. The Labute approximate surface area is 88.1 Å². The van der Waals surface area contributed by atoms with Gasteiger partial charge in [0, 0.05) is 11.3 Å². The van der Waals surface area contributed by atoms with Crippen molar-refractivity contribution in [2.75, 3.05) is 5.73 Å². The number of carbonyl (C=O) groups excluding carboxylic acids is 1. The van der Waals surface area contributed by atoms with Crippen molar-refractivity contribution in [3.63, 3.8) is 0 Å². The lowest BCUT2D eigenvalue weighted by Gasteiger charge is -2.05. The molecule has 0 aliphatic rings. The molecule has 0 aliphatic heterocycles. The zero-order chi connectivity index (χ0) is 11.3. The molecule has 1 aromatic carbocycles. The predicted octanol–water partition coefficient (Wildman–Crippen LogP) is 2.31. The molecule has 2 nitrogen and oxygen atoms in total. The van der Waals surface area contributed by atoms with Crippen LogP contribution in [-0.4, -0.2) is 5.78 Å². The Bertz CT molecular complexity index is 334. The molecule has 0 aromatic heterocycles. The lowest BCUT2D eigenvalue weighted by Crippen LogP contribution is -2.09. The minimum absolute atomic E-state index is 0.0479. The predicted molar refractivity (Wildman–Crippen MR) is 66.3 cm³/mol. The van der Waals surface area contributed by atoms with Gasteiger partial charge in [-0.1, -0.05) is 13.8 Å². The van der Waals surface area contributed by atoms with Crippen molar-refractivity contribution >= 4 is 26.0 Å². The number of nitrogens with two attached hydrogens (primary N) is 1. The zero-order valence-electron chi connectivity index (χ0n) is 9.22. The summed E-state index contributed by atoms with van der Waals surface area (Å²) in [5, 5.41) is 0.911. The van der Waals surface area contributed by atoms with Crippen LogP contribution in [0.5, 0.6) is 0 Å². The van der Waals surface area contributed by atoms with Crippen LogP contribution in [0.25, 0.3) is 0 Å². The molecular formula is C11H18NOP. The van der Waals surface area contributed by atoms with Gasteiger partial charge in [0.2, 0.25) is 0 Å². The maximum atomic E-state index is 11.1. The van der Waals surface area contributed by atoms with Gasteiger partial charge in [-0.3, -0.25) is 4.79 Å². The Kier molecular flexibility index (Phi) is 5.40. The fourth-order valence-electron chi connectivity index (χ4n) is 1.05. The van der Waals surface area contributed by atoms with Gasteiger partial charge in [0.15, 0.2) is 5.78 Å². The van der Waals surface area contributed by atoms with Crippen molar-refractivity contribution < 1.29 is 4.79 Å². The maximum Gasteiger partial charge on any atom is 0.160 e. The molecule has 0 spiro atoms. The topological polar surface area (TPSA) is 43.1 Å². The minimum Gasteiger partial charge on any atom is -0.398 e. The van der Waals surface area contributed by atoms with Crippen LogP contribution >= 0.6 is 9.24 Å². The fourth-order valence-corrected chi connectivity index (χ4v) is 1.59. The number of ketones is 1. The van der Waals surface area contributed by atoms with Crippen LogP contribution in [0, 0.1) is 6.92 Å². The summed E-state index contributed by atoms with van der Waals surface area (Å²) in [5.74, 6) is 0.0479. The highest BCUT2D eigenvalue weighted by atomic mass is 31.0. The molecule has 0 fully saturated rings. The van der Waals surface area contributed by atoms with Gasteiger partial charge >= 0.3 is 0 Å². The van der Waals surface area contributed by atoms with Gasteiger partial charge in [-0.25, -0.2) is 0 Å². The lowest BCUT2D eigenvalue weighted by molar-refractivity contribution is 0.101. The molecule has 1 aromatic rings. The highest BCUT2D eigenvalue weighted by Crippen LogP contribution is 2.13. The number of nitrogen functional groups attached to an aromatic ring is 1. The quantitative estimate of drug-likeness (QED) is 0.440. The average Bonchev–Trinajstić information content (AvgIpc) is 2.14. The van der Waals surface area contributed by atoms with Gasteiger partial charge in [0.25, 0.3) is 0 Å². The zero-order valence-corrected chi connectivity index (χ0v) is 10.4. The van der Waals surface area contributed by atoms with Crippen LogP contribution in [0.3, 0.4) is 0 Å². The maximum absolute atomic E-state index is 11.1. The van der Waals surface area contributed by atoms with Crippen molar-refractivity contribution in [3.05, 3.63) is 23.3 Å². The third kappa shape index (κ3) is 3.12. The number of carbonyl (C=O) groups is 1. The van der Waals surface area contributed by atoms with Gasteiger partial charge in [-0.15, -0.1) is 9.24 Å². The molecule has 14 heavy (non-hydrogen) atoms. The smallest absolute Gasteiger partial charge is 0.160 e. The summed E-state index contributed by atoms with van der Waals surface area (Å²) in [7, 11) is 2.54. The van der Waals surface area contributed by atoms with E-state index in [1.807, 2.05) is 26.8 Å². The van der Waals surface area contributed by atoms with E-state index < -0.39 is 0 Å². The normalized spacial score (nSPS) is 8.93. The molecule has 1 atom stereocenters. The molecule has 3 heteroatoms. The van der Waals surface area contributed by atoms with Crippen molar-refractivity contribution in [2.45, 2.75) is 27.7 Å². The van der Waals surface area contributed by atoms with Gasteiger partial charge in [0.1, 0.15) is 0 Å². The van der Waals surface area contributed by atoms with Crippen molar-refractivity contribution in [2.24, 2.45) is 0 Å². The summed E-state index contributed by atoms with van der Waals surface area (Å²) in [6.45, 7) is 7.46. The molecule has 2 N–H and O–H groups in total. The van der Waals surface area contributed by atoms with E-state index in [9.17, 15) is 4.79 Å². The highest BCUT2D eigenvalue weighted by Gasteiger charge is 2.05. The fraction of sp³-hybridized carbons (Fsp3) is 0.364. The van der Waals surface area contributed by atoms with E-state index in [1.165, 1.54) is 6.92 Å². The number of hydrogen-bond donors (Lipinski definition) is 1. The Morgan fingerprint density at radius 1 is 1.36 bits per heavy atom. The molecule has 1 unspecified atom stereocenters. The van der Waals surface area contributed by atoms with Crippen LogP contribution in [0.2, 0.25) is 0 Å². The van der Waals surface area contributed by atoms with E-state index in [-0.39, 0.29) is 5.78 Å². The summed E-state index contributed by atoms with van der Waals surface area (Å²) >= 11 is 0. The number of anilines is 1. The third-order valence-electron chi connectivity index (χ3n) is 1.82. The van der Waals surface area contributed by atoms with Crippen molar-refractivity contribution in [3.8, 4) is 0 Å². The Morgan fingerprint density at radius 2 is 1.86 bits per heavy atom. The number of rotatable bonds is 1. The molecule has 78 valence electrons. The first-order valence-corrected chi connectivity index (χ1v) is 5.26. The molecule has 1 rings (SSSR count). The molecule has 0 heterocycles. The molecule has 0 saturated heterocycles. The average molecular weight is 211 g/mol. The Balaban J connectivity index is 0.000000791. The van der Waals surface area contributed by atoms with Crippen LogP contribution < -0.4 is 11.0 Å². The van der Waals surface area contributed by atoms with E-state index >= 15 is 0 Å². The van der Waals surface area contributed by atoms with Crippen LogP contribution in [-0.2, 0) is 0 Å².